The minimum atomic E-state index is -0.248. The number of ether oxygens (including phenoxy) is 3. The van der Waals surface area contributed by atoms with Gasteiger partial charge in [0.15, 0.2) is 0 Å². The van der Waals surface area contributed by atoms with Crippen LogP contribution in [-0.4, -0.2) is 44.2 Å². The highest BCUT2D eigenvalue weighted by atomic mass is 16.5. The predicted molar refractivity (Wildman–Crippen MR) is 106 cm³/mol. The summed E-state index contributed by atoms with van der Waals surface area (Å²) in [5.41, 5.74) is 1.37. The van der Waals surface area contributed by atoms with Crippen LogP contribution in [0.3, 0.4) is 0 Å². The molecule has 3 rings (SSSR count). The number of rotatable bonds is 6. The van der Waals surface area contributed by atoms with Gasteiger partial charge in [0.25, 0.3) is 11.5 Å². The molecule has 2 aromatic carbocycles. The van der Waals surface area contributed by atoms with Crippen LogP contribution in [0.25, 0.3) is 10.9 Å². The van der Waals surface area contributed by atoms with E-state index in [0.717, 1.165) is 5.39 Å². The molecule has 1 aromatic heterocycles. The molecule has 7 nitrogen and oxygen atoms in total. The zero-order valence-corrected chi connectivity index (χ0v) is 16.2. The molecule has 0 aliphatic heterocycles. The van der Waals surface area contributed by atoms with Gasteiger partial charge >= 0.3 is 0 Å². The normalized spacial score (nSPS) is 10.6. The third-order valence-corrected chi connectivity index (χ3v) is 4.48. The molecule has 0 aliphatic carbocycles. The zero-order valence-electron chi connectivity index (χ0n) is 16.2. The maximum atomic E-state index is 12.8. The van der Waals surface area contributed by atoms with Crippen LogP contribution in [-0.2, 0) is 6.54 Å². The van der Waals surface area contributed by atoms with Gasteiger partial charge in [0, 0.05) is 35.1 Å². The van der Waals surface area contributed by atoms with Crippen LogP contribution in [0.1, 0.15) is 15.9 Å². The predicted octanol–water partition coefficient (Wildman–Crippen LogP) is 2.83. The Kier molecular flexibility index (Phi) is 5.54. The van der Waals surface area contributed by atoms with Crippen molar-refractivity contribution in [1.82, 2.24) is 9.88 Å². The number of H-pyrrole nitrogens is 1. The number of benzene rings is 2. The van der Waals surface area contributed by atoms with Gasteiger partial charge in [-0.25, -0.2) is 0 Å². The molecule has 0 saturated heterocycles. The van der Waals surface area contributed by atoms with Crippen LogP contribution in [0.2, 0.25) is 0 Å². The molecule has 1 heterocycles. The summed E-state index contributed by atoms with van der Waals surface area (Å²) in [6.07, 6.45) is 0. The Labute approximate surface area is 162 Å². The first-order valence-corrected chi connectivity index (χ1v) is 8.63. The van der Waals surface area contributed by atoms with E-state index >= 15 is 0 Å². The van der Waals surface area contributed by atoms with Gasteiger partial charge in [-0.2, -0.15) is 0 Å². The van der Waals surface area contributed by atoms with E-state index in [1.54, 1.807) is 50.6 Å². The standard InChI is InChI=1S/C21H22N2O5/c1-23(21(25)14-9-17(27-3)11-18(10-14)28-4)12-15-7-13-8-16(26-2)5-6-19(13)22-20(15)24/h5-11H,12H2,1-4H3,(H,22,24). The summed E-state index contributed by atoms with van der Waals surface area (Å²) in [5.74, 6) is 1.49. The average molecular weight is 382 g/mol. The molecule has 0 saturated carbocycles. The molecule has 0 atom stereocenters. The lowest BCUT2D eigenvalue weighted by atomic mass is 10.1. The van der Waals surface area contributed by atoms with Crippen molar-refractivity contribution >= 4 is 16.8 Å². The van der Waals surface area contributed by atoms with Gasteiger partial charge in [0.05, 0.1) is 27.9 Å². The monoisotopic (exact) mass is 382 g/mol. The summed E-state index contributed by atoms with van der Waals surface area (Å²) >= 11 is 0. The van der Waals surface area contributed by atoms with Crippen molar-refractivity contribution in [2.24, 2.45) is 0 Å². The highest BCUT2D eigenvalue weighted by Crippen LogP contribution is 2.24. The maximum Gasteiger partial charge on any atom is 0.254 e. The summed E-state index contributed by atoms with van der Waals surface area (Å²) < 4.78 is 15.7. The number of aromatic nitrogens is 1. The van der Waals surface area contributed by atoms with Crippen LogP contribution in [0.15, 0.2) is 47.3 Å². The fourth-order valence-corrected chi connectivity index (χ4v) is 2.95. The number of carbonyl (C=O) groups is 1. The highest BCUT2D eigenvalue weighted by Gasteiger charge is 2.16. The fourth-order valence-electron chi connectivity index (χ4n) is 2.95. The first kappa shape index (κ1) is 19.3. The molecule has 0 spiro atoms. The number of hydrogen-bond acceptors (Lipinski definition) is 5. The fraction of sp³-hybridized carbons (Fsp3) is 0.238. The summed E-state index contributed by atoms with van der Waals surface area (Å²) in [6, 6.07) is 12.1. The molecule has 1 N–H and O–H groups in total. The number of amides is 1. The molecule has 0 fully saturated rings. The minimum Gasteiger partial charge on any atom is -0.497 e. The number of aromatic amines is 1. The number of hydrogen-bond donors (Lipinski definition) is 1. The Bertz CT molecular complexity index is 1050. The average Bonchev–Trinajstić information content (AvgIpc) is 2.72. The van der Waals surface area contributed by atoms with Crippen LogP contribution in [0.5, 0.6) is 17.2 Å². The topological polar surface area (TPSA) is 80.9 Å². The third kappa shape index (κ3) is 3.93. The molecule has 0 unspecified atom stereocenters. The largest absolute Gasteiger partial charge is 0.497 e. The van der Waals surface area contributed by atoms with E-state index < -0.39 is 0 Å². The molecule has 1 amide bonds. The van der Waals surface area contributed by atoms with Crippen molar-refractivity contribution in [3.05, 3.63) is 63.9 Å². The summed E-state index contributed by atoms with van der Waals surface area (Å²) in [4.78, 5) is 29.6. The van der Waals surface area contributed by atoms with E-state index in [-0.39, 0.29) is 18.0 Å². The Morgan fingerprint density at radius 2 is 1.57 bits per heavy atom. The van der Waals surface area contributed by atoms with Gasteiger partial charge in [-0.1, -0.05) is 0 Å². The Balaban J connectivity index is 1.89. The van der Waals surface area contributed by atoms with Gasteiger partial charge in [-0.05, 0) is 36.4 Å². The second kappa shape index (κ2) is 8.04. The van der Waals surface area contributed by atoms with Gasteiger partial charge in [0.1, 0.15) is 17.2 Å². The number of carbonyl (C=O) groups excluding carboxylic acids is 1. The number of pyridine rings is 1. The quantitative estimate of drug-likeness (QED) is 0.709. The molecule has 0 radical (unpaired) electrons. The molecular formula is C21H22N2O5. The van der Waals surface area contributed by atoms with Crippen molar-refractivity contribution in [2.75, 3.05) is 28.4 Å². The Morgan fingerprint density at radius 1 is 0.929 bits per heavy atom. The van der Waals surface area contributed by atoms with Crippen molar-refractivity contribution < 1.29 is 19.0 Å². The lowest BCUT2D eigenvalue weighted by Crippen LogP contribution is -2.29. The first-order valence-electron chi connectivity index (χ1n) is 8.63. The Hall–Kier alpha value is -3.48. The van der Waals surface area contributed by atoms with E-state index in [2.05, 4.69) is 4.98 Å². The van der Waals surface area contributed by atoms with Crippen molar-refractivity contribution in [2.45, 2.75) is 6.54 Å². The van der Waals surface area contributed by atoms with Crippen LogP contribution in [0.4, 0.5) is 0 Å². The van der Waals surface area contributed by atoms with E-state index in [1.165, 1.54) is 19.1 Å². The minimum absolute atomic E-state index is 0.154. The van der Waals surface area contributed by atoms with Crippen molar-refractivity contribution in [3.63, 3.8) is 0 Å². The summed E-state index contributed by atoms with van der Waals surface area (Å²) in [6.45, 7) is 0.154. The Morgan fingerprint density at radius 3 is 2.18 bits per heavy atom. The maximum absolute atomic E-state index is 12.8. The van der Waals surface area contributed by atoms with Gasteiger partial charge in [-0.15, -0.1) is 0 Å². The van der Waals surface area contributed by atoms with E-state index in [9.17, 15) is 9.59 Å². The van der Waals surface area contributed by atoms with Crippen molar-refractivity contribution in [3.8, 4) is 17.2 Å². The zero-order chi connectivity index (χ0) is 20.3. The van der Waals surface area contributed by atoms with Crippen LogP contribution < -0.4 is 19.8 Å². The second-order valence-electron chi connectivity index (χ2n) is 6.34. The SMILES string of the molecule is COc1cc(OC)cc(C(=O)N(C)Cc2cc3cc(OC)ccc3[nH]c2=O)c1. The van der Waals surface area contributed by atoms with E-state index in [0.29, 0.717) is 33.9 Å². The van der Waals surface area contributed by atoms with Crippen molar-refractivity contribution in [1.29, 1.82) is 0 Å². The molecule has 7 heteroatoms. The molecule has 3 aromatic rings. The van der Waals surface area contributed by atoms with Crippen LogP contribution in [0, 0.1) is 0 Å². The number of fused-ring (bicyclic) bond motifs is 1. The van der Waals surface area contributed by atoms with Gasteiger partial charge in [0.2, 0.25) is 0 Å². The molecule has 0 bridgehead atoms. The lowest BCUT2D eigenvalue weighted by molar-refractivity contribution is 0.0784. The molecular weight excluding hydrogens is 360 g/mol. The number of nitrogens with zero attached hydrogens (tertiary/aromatic N) is 1. The number of nitrogens with one attached hydrogen (secondary N) is 1. The lowest BCUT2D eigenvalue weighted by Gasteiger charge is -2.18. The van der Waals surface area contributed by atoms with E-state index in [1.807, 2.05) is 6.07 Å². The van der Waals surface area contributed by atoms with Crippen LogP contribution >= 0.6 is 0 Å². The third-order valence-electron chi connectivity index (χ3n) is 4.48. The highest BCUT2D eigenvalue weighted by molar-refractivity contribution is 5.95. The van der Waals surface area contributed by atoms with Gasteiger partial charge < -0.3 is 24.1 Å². The molecule has 0 aliphatic rings. The molecule has 28 heavy (non-hydrogen) atoms. The smallest absolute Gasteiger partial charge is 0.254 e. The number of methoxy groups -OCH3 is 3. The second-order valence-corrected chi connectivity index (χ2v) is 6.34. The summed E-state index contributed by atoms with van der Waals surface area (Å²) in [5, 5.41) is 0.831. The van der Waals surface area contributed by atoms with E-state index in [4.69, 9.17) is 14.2 Å². The first-order chi connectivity index (χ1) is 13.4. The van der Waals surface area contributed by atoms with Gasteiger partial charge in [-0.3, -0.25) is 9.59 Å². The molecule has 146 valence electrons. The summed E-state index contributed by atoms with van der Waals surface area (Å²) in [7, 11) is 6.28.